The van der Waals surface area contributed by atoms with E-state index in [0.717, 1.165) is 0 Å². The summed E-state index contributed by atoms with van der Waals surface area (Å²) in [6.45, 7) is 1.29. The van der Waals surface area contributed by atoms with Crippen LogP contribution in [-0.4, -0.2) is 50.6 Å². The van der Waals surface area contributed by atoms with Crippen molar-refractivity contribution in [1.82, 2.24) is 29.9 Å². The Morgan fingerprint density at radius 1 is 1.33 bits per heavy atom. The molecule has 0 bridgehead atoms. The summed E-state index contributed by atoms with van der Waals surface area (Å²) in [4.78, 5) is 14.0. The van der Waals surface area contributed by atoms with E-state index >= 15 is 0 Å². The Bertz CT molecular complexity index is 493. The largest absolute Gasteiger partial charge is 0.368 e. The fourth-order valence-corrected chi connectivity index (χ4v) is 1.29. The number of nitrogen functional groups attached to an aromatic ring is 1. The maximum absolute atomic E-state index is 5.61. The van der Waals surface area contributed by atoms with Crippen LogP contribution in [0, 0.1) is 0 Å². The van der Waals surface area contributed by atoms with Crippen LogP contribution in [-0.2, 0) is 6.54 Å². The third-order valence-electron chi connectivity index (χ3n) is 2.14. The van der Waals surface area contributed by atoms with E-state index in [0.29, 0.717) is 25.0 Å². The monoisotopic (exact) mass is 249 g/mol. The van der Waals surface area contributed by atoms with Crippen molar-refractivity contribution in [1.29, 1.82) is 0 Å². The van der Waals surface area contributed by atoms with Gasteiger partial charge >= 0.3 is 0 Å². The van der Waals surface area contributed by atoms with Gasteiger partial charge in [0.15, 0.2) is 0 Å². The van der Waals surface area contributed by atoms with Crippen LogP contribution in [0.3, 0.4) is 0 Å². The van der Waals surface area contributed by atoms with Crippen molar-refractivity contribution in [3.63, 3.8) is 0 Å². The zero-order valence-electron chi connectivity index (χ0n) is 10.3. The predicted octanol–water partition coefficient (Wildman–Crippen LogP) is -0.777. The highest BCUT2D eigenvalue weighted by atomic mass is 15.4. The molecule has 0 amide bonds. The molecule has 0 unspecified atom stereocenters. The van der Waals surface area contributed by atoms with E-state index in [1.165, 1.54) is 0 Å². The molecule has 0 saturated heterocycles. The van der Waals surface area contributed by atoms with Gasteiger partial charge in [-0.2, -0.15) is 15.0 Å². The molecule has 0 radical (unpaired) electrons. The van der Waals surface area contributed by atoms with Gasteiger partial charge in [0.2, 0.25) is 17.8 Å². The molecule has 2 rings (SSSR count). The smallest absolute Gasteiger partial charge is 0.231 e. The van der Waals surface area contributed by atoms with E-state index in [1.54, 1.807) is 22.0 Å². The molecule has 0 aliphatic heterocycles. The van der Waals surface area contributed by atoms with Gasteiger partial charge in [-0.05, 0) is 0 Å². The molecular weight excluding hydrogens is 234 g/mol. The third kappa shape index (κ3) is 3.03. The van der Waals surface area contributed by atoms with Crippen molar-refractivity contribution in [2.75, 3.05) is 36.6 Å². The molecule has 9 nitrogen and oxygen atoms in total. The standard InChI is InChI=1S/C9H15N9/c1-17(2)9-14-7(10)13-8(15-9)11-3-5-18-6-4-12-16-18/h4,6H,3,5H2,1-2H3,(H3,10,11,13,14,15). The summed E-state index contributed by atoms with van der Waals surface area (Å²) in [5.41, 5.74) is 5.61. The van der Waals surface area contributed by atoms with Gasteiger partial charge in [-0.1, -0.05) is 5.21 Å². The highest BCUT2D eigenvalue weighted by Gasteiger charge is 2.05. The molecule has 0 aromatic carbocycles. The van der Waals surface area contributed by atoms with Crippen LogP contribution in [0.15, 0.2) is 12.4 Å². The molecule has 0 spiro atoms. The van der Waals surface area contributed by atoms with Crippen LogP contribution < -0.4 is 16.0 Å². The molecule has 18 heavy (non-hydrogen) atoms. The molecule has 0 fully saturated rings. The Labute approximate surface area is 104 Å². The Hall–Kier alpha value is -2.45. The molecule has 2 aromatic rings. The molecule has 3 N–H and O–H groups in total. The molecule has 9 heteroatoms. The fraction of sp³-hybridized carbons (Fsp3) is 0.444. The lowest BCUT2D eigenvalue weighted by Crippen LogP contribution is -2.18. The maximum atomic E-state index is 5.61. The average Bonchev–Trinajstić information content (AvgIpc) is 2.81. The number of aromatic nitrogens is 6. The number of nitrogens with two attached hydrogens (primary N) is 1. The van der Waals surface area contributed by atoms with E-state index in [4.69, 9.17) is 5.73 Å². The highest BCUT2D eigenvalue weighted by molar-refractivity contribution is 5.40. The zero-order valence-corrected chi connectivity index (χ0v) is 10.3. The summed E-state index contributed by atoms with van der Waals surface area (Å²) in [7, 11) is 3.68. The Kier molecular flexibility index (Phi) is 3.51. The second kappa shape index (κ2) is 5.25. The molecule has 2 heterocycles. The van der Waals surface area contributed by atoms with Crippen LogP contribution in [0.25, 0.3) is 0 Å². The minimum absolute atomic E-state index is 0.192. The van der Waals surface area contributed by atoms with Crippen molar-refractivity contribution < 1.29 is 0 Å². The van der Waals surface area contributed by atoms with E-state index in [1.807, 2.05) is 14.1 Å². The van der Waals surface area contributed by atoms with E-state index in [2.05, 4.69) is 30.6 Å². The van der Waals surface area contributed by atoms with Crippen LogP contribution in [0.2, 0.25) is 0 Å². The summed E-state index contributed by atoms with van der Waals surface area (Å²) in [5, 5.41) is 10.6. The maximum Gasteiger partial charge on any atom is 0.231 e. The lowest BCUT2D eigenvalue weighted by molar-refractivity contribution is 0.607. The molecule has 2 aromatic heterocycles. The quantitative estimate of drug-likeness (QED) is 0.710. The first-order valence-corrected chi connectivity index (χ1v) is 5.42. The number of nitrogens with zero attached hydrogens (tertiary/aromatic N) is 7. The van der Waals surface area contributed by atoms with Gasteiger partial charge in [0.05, 0.1) is 12.7 Å². The lowest BCUT2D eigenvalue weighted by atomic mass is 10.6. The minimum Gasteiger partial charge on any atom is -0.368 e. The Morgan fingerprint density at radius 3 is 2.83 bits per heavy atom. The summed E-state index contributed by atoms with van der Waals surface area (Å²) >= 11 is 0. The SMILES string of the molecule is CN(C)c1nc(N)nc(NCCn2ccnn2)n1. The molecule has 96 valence electrons. The van der Waals surface area contributed by atoms with Gasteiger partial charge in [-0.15, -0.1) is 5.10 Å². The Balaban J connectivity index is 1.96. The van der Waals surface area contributed by atoms with Crippen LogP contribution >= 0.6 is 0 Å². The topological polar surface area (TPSA) is 111 Å². The molecular formula is C9H15N9. The number of rotatable bonds is 5. The number of anilines is 3. The minimum atomic E-state index is 0.192. The summed E-state index contributed by atoms with van der Waals surface area (Å²) < 4.78 is 1.71. The normalized spacial score (nSPS) is 10.3. The second-order valence-electron chi connectivity index (χ2n) is 3.80. The number of nitrogens with one attached hydrogen (secondary N) is 1. The van der Waals surface area contributed by atoms with Gasteiger partial charge < -0.3 is 16.0 Å². The van der Waals surface area contributed by atoms with Gasteiger partial charge in [0.25, 0.3) is 0 Å². The average molecular weight is 249 g/mol. The van der Waals surface area contributed by atoms with Crippen molar-refractivity contribution in [2.45, 2.75) is 6.54 Å². The third-order valence-corrected chi connectivity index (χ3v) is 2.14. The van der Waals surface area contributed by atoms with Crippen molar-refractivity contribution in [2.24, 2.45) is 0 Å². The van der Waals surface area contributed by atoms with E-state index in [9.17, 15) is 0 Å². The van der Waals surface area contributed by atoms with Crippen LogP contribution in [0.1, 0.15) is 0 Å². The number of hydrogen-bond donors (Lipinski definition) is 2. The van der Waals surface area contributed by atoms with Gasteiger partial charge in [-0.25, -0.2) is 0 Å². The summed E-state index contributed by atoms with van der Waals surface area (Å²) in [6.07, 6.45) is 3.42. The molecule has 0 saturated carbocycles. The lowest BCUT2D eigenvalue weighted by Gasteiger charge is -2.12. The molecule has 0 atom stereocenters. The van der Waals surface area contributed by atoms with Crippen molar-refractivity contribution >= 4 is 17.8 Å². The highest BCUT2D eigenvalue weighted by Crippen LogP contribution is 2.08. The fourth-order valence-electron chi connectivity index (χ4n) is 1.29. The van der Waals surface area contributed by atoms with E-state index < -0.39 is 0 Å². The van der Waals surface area contributed by atoms with Crippen molar-refractivity contribution in [3.8, 4) is 0 Å². The second-order valence-corrected chi connectivity index (χ2v) is 3.80. The van der Waals surface area contributed by atoms with Gasteiger partial charge in [0, 0.05) is 26.8 Å². The first-order chi connectivity index (χ1) is 8.65. The van der Waals surface area contributed by atoms with Crippen molar-refractivity contribution in [3.05, 3.63) is 12.4 Å². The van der Waals surface area contributed by atoms with Gasteiger partial charge in [-0.3, -0.25) is 4.68 Å². The summed E-state index contributed by atoms with van der Waals surface area (Å²) in [5.74, 6) is 1.16. The zero-order chi connectivity index (χ0) is 13.0. The first-order valence-electron chi connectivity index (χ1n) is 5.42. The van der Waals surface area contributed by atoms with Crippen LogP contribution in [0.5, 0.6) is 0 Å². The molecule has 0 aliphatic carbocycles. The molecule has 0 aliphatic rings. The van der Waals surface area contributed by atoms with Gasteiger partial charge in [0.1, 0.15) is 0 Å². The summed E-state index contributed by atoms with van der Waals surface area (Å²) in [6, 6.07) is 0. The van der Waals surface area contributed by atoms with Crippen LogP contribution in [0.4, 0.5) is 17.8 Å². The Morgan fingerprint density at radius 2 is 2.17 bits per heavy atom. The number of hydrogen-bond acceptors (Lipinski definition) is 8. The van der Waals surface area contributed by atoms with E-state index in [-0.39, 0.29) is 5.95 Å². The first kappa shape index (κ1) is 12.0. The predicted molar refractivity (Wildman–Crippen MR) is 67.1 cm³/mol.